The second-order valence-electron chi connectivity index (χ2n) is 4.63. The number of phenols is 1. The van der Waals surface area contributed by atoms with Gasteiger partial charge in [0, 0.05) is 11.6 Å². The smallest absolute Gasteiger partial charge is 0.227 e. The largest absolute Gasteiger partial charge is 0.508 e. The molecule has 2 aromatic carbocycles. The van der Waals surface area contributed by atoms with Crippen LogP contribution in [-0.2, 0) is 11.2 Å². The molecule has 1 amide bonds. The average Bonchev–Trinajstić information content (AvgIpc) is 2.42. The van der Waals surface area contributed by atoms with Crippen molar-refractivity contribution in [3.05, 3.63) is 60.2 Å². The molecule has 0 unspecified atom stereocenters. The molecule has 19 heavy (non-hydrogen) atoms. The molecule has 2 aromatic rings. The van der Waals surface area contributed by atoms with Crippen LogP contribution in [0.5, 0.6) is 5.75 Å². The highest BCUT2D eigenvalue weighted by atomic mass is 16.3. The molecule has 3 nitrogen and oxygen atoms in total. The van der Waals surface area contributed by atoms with E-state index in [0.29, 0.717) is 12.1 Å². The molecule has 0 aliphatic rings. The molecule has 2 N–H and O–H groups in total. The number of nitrogens with one attached hydrogen (secondary N) is 1. The summed E-state index contributed by atoms with van der Waals surface area (Å²) in [5, 5.41) is 12.0. The highest BCUT2D eigenvalue weighted by Crippen LogP contribution is 2.16. The maximum atomic E-state index is 12.0. The zero-order valence-corrected chi connectivity index (χ0v) is 10.8. The molecule has 3 heteroatoms. The predicted octanol–water partition coefficient (Wildman–Crippen LogP) is 3.21. The fourth-order valence-corrected chi connectivity index (χ4v) is 1.87. The van der Waals surface area contributed by atoms with Gasteiger partial charge in [0.15, 0.2) is 0 Å². The molecule has 0 spiro atoms. The second kappa shape index (κ2) is 6.05. The van der Waals surface area contributed by atoms with Crippen LogP contribution in [0.25, 0.3) is 0 Å². The van der Waals surface area contributed by atoms with Crippen molar-refractivity contribution in [2.75, 3.05) is 5.32 Å². The Morgan fingerprint density at radius 3 is 2.37 bits per heavy atom. The molecule has 0 aliphatic heterocycles. The van der Waals surface area contributed by atoms with Gasteiger partial charge in [0.1, 0.15) is 5.75 Å². The monoisotopic (exact) mass is 255 g/mol. The summed E-state index contributed by atoms with van der Waals surface area (Å²) in [5.74, 6) is 0.0704. The van der Waals surface area contributed by atoms with Gasteiger partial charge in [0.2, 0.25) is 5.91 Å². The van der Waals surface area contributed by atoms with Crippen molar-refractivity contribution < 1.29 is 9.90 Å². The molecule has 0 heterocycles. The molecular formula is C16H17NO2. The predicted molar refractivity (Wildman–Crippen MR) is 76.0 cm³/mol. The van der Waals surface area contributed by atoms with E-state index in [2.05, 4.69) is 5.32 Å². The molecule has 0 radical (unpaired) electrons. The van der Waals surface area contributed by atoms with Crippen molar-refractivity contribution in [3.63, 3.8) is 0 Å². The highest BCUT2D eigenvalue weighted by Gasteiger charge is 2.13. The molecule has 0 fully saturated rings. The Bertz CT molecular complexity index is 534. The van der Waals surface area contributed by atoms with Crippen LogP contribution >= 0.6 is 0 Å². The Hall–Kier alpha value is -2.29. The van der Waals surface area contributed by atoms with Gasteiger partial charge < -0.3 is 10.4 Å². The third kappa shape index (κ3) is 3.85. The number of amides is 1. The van der Waals surface area contributed by atoms with E-state index in [-0.39, 0.29) is 17.6 Å². The maximum absolute atomic E-state index is 12.0. The lowest BCUT2D eigenvalue weighted by atomic mass is 10.0. The Labute approximate surface area is 112 Å². The van der Waals surface area contributed by atoms with Crippen LogP contribution in [0.15, 0.2) is 54.6 Å². The Balaban J connectivity index is 1.94. The van der Waals surface area contributed by atoms with E-state index in [1.165, 1.54) is 0 Å². The third-order valence-electron chi connectivity index (χ3n) is 2.97. The van der Waals surface area contributed by atoms with Crippen molar-refractivity contribution in [2.45, 2.75) is 13.3 Å². The standard InChI is InChI=1S/C16H17NO2/c1-12(11-13-5-3-2-4-6-13)16(19)17-14-7-9-15(18)10-8-14/h2-10,12,18H,11H2,1H3,(H,17,19)/t12-/m0/s1. The Morgan fingerprint density at radius 2 is 1.74 bits per heavy atom. The number of benzene rings is 2. The fraction of sp³-hybridized carbons (Fsp3) is 0.188. The van der Waals surface area contributed by atoms with Crippen molar-refractivity contribution in [2.24, 2.45) is 5.92 Å². The maximum Gasteiger partial charge on any atom is 0.227 e. The number of carbonyl (C=O) groups is 1. The zero-order chi connectivity index (χ0) is 13.7. The van der Waals surface area contributed by atoms with Crippen molar-refractivity contribution in [1.82, 2.24) is 0 Å². The Kier molecular flexibility index (Phi) is 4.18. The fourth-order valence-electron chi connectivity index (χ4n) is 1.87. The molecule has 0 saturated carbocycles. The van der Waals surface area contributed by atoms with Gasteiger partial charge in [-0.1, -0.05) is 37.3 Å². The number of carbonyl (C=O) groups excluding carboxylic acids is 1. The topological polar surface area (TPSA) is 49.3 Å². The minimum Gasteiger partial charge on any atom is -0.508 e. The summed E-state index contributed by atoms with van der Waals surface area (Å²) in [7, 11) is 0. The van der Waals surface area contributed by atoms with Crippen molar-refractivity contribution in [3.8, 4) is 5.75 Å². The third-order valence-corrected chi connectivity index (χ3v) is 2.97. The van der Waals surface area contributed by atoms with E-state index in [1.807, 2.05) is 37.3 Å². The van der Waals surface area contributed by atoms with Gasteiger partial charge in [0.05, 0.1) is 0 Å². The molecule has 0 bridgehead atoms. The van der Waals surface area contributed by atoms with Crippen LogP contribution in [0.3, 0.4) is 0 Å². The van der Waals surface area contributed by atoms with Gasteiger partial charge in [-0.3, -0.25) is 4.79 Å². The second-order valence-corrected chi connectivity index (χ2v) is 4.63. The SMILES string of the molecule is C[C@@H](Cc1ccccc1)C(=O)Nc1ccc(O)cc1. The summed E-state index contributed by atoms with van der Waals surface area (Å²) >= 11 is 0. The van der Waals surface area contributed by atoms with Gasteiger partial charge in [0.25, 0.3) is 0 Å². The van der Waals surface area contributed by atoms with E-state index in [9.17, 15) is 9.90 Å². The van der Waals surface area contributed by atoms with E-state index in [0.717, 1.165) is 5.56 Å². The molecule has 0 aromatic heterocycles. The summed E-state index contributed by atoms with van der Waals surface area (Å²) in [6.45, 7) is 1.91. The summed E-state index contributed by atoms with van der Waals surface area (Å²) in [4.78, 5) is 12.0. The lowest BCUT2D eigenvalue weighted by molar-refractivity contribution is -0.119. The van der Waals surface area contributed by atoms with E-state index < -0.39 is 0 Å². The van der Waals surface area contributed by atoms with Crippen molar-refractivity contribution in [1.29, 1.82) is 0 Å². The van der Waals surface area contributed by atoms with Gasteiger partial charge in [-0.2, -0.15) is 0 Å². The molecule has 2 rings (SSSR count). The number of anilines is 1. The number of phenolic OH excluding ortho intramolecular Hbond substituents is 1. The molecule has 0 aliphatic carbocycles. The molecule has 98 valence electrons. The zero-order valence-electron chi connectivity index (χ0n) is 10.8. The van der Waals surface area contributed by atoms with Crippen LogP contribution in [0.2, 0.25) is 0 Å². The minimum atomic E-state index is -0.101. The highest BCUT2D eigenvalue weighted by molar-refractivity contribution is 5.92. The molecule has 1 atom stereocenters. The van der Waals surface area contributed by atoms with Gasteiger partial charge >= 0.3 is 0 Å². The summed E-state index contributed by atoms with van der Waals surface area (Å²) in [6, 6.07) is 16.4. The quantitative estimate of drug-likeness (QED) is 0.824. The van der Waals surface area contributed by atoms with E-state index in [4.69, 9.17) is 0 Å². The number of aromatic hydroxyl groups is 1. The molecular weight excluding hydrogens is 238 g/mol. The van der Waals surface area contributed by atoms with Crippen LogP contribution in [0, 0.1) is 5.92 Å². The first-order valence-corrected chi connectivity index (χ1v) is 6.29. The van der Waals surface area contributed by atoms with E-state index in [1.54, 1.807) is 24.3 Å². The summed E-state index contributed by atoms with van der Waals surface area (Å²) in [6.07, 6.45) is 0.713. The van der Waals surface area contributed by atoms with Crippen molar-refractivity contribution >= 4 is 11.6 Å². The summed E-state index contributed by atoms with van der Waals surface area (Å²) in [5.41, 5.74) is 1.85. The number of rotatable bonds is 4. The lowest BCUT2D eigenvalue weighted by Gasteiger charge is -2.12. The Morgan fingerprint density at radius 1 is 1.11 bits per heavy atom. The minimum absolute atomic E-state index is 0.0189. The average molecular weight is 255 g/mol. The van der Waals surface area contributed by atoms with Crippen LogP contribution < -0.4 is 5.32 Å². The van der Waals surface area contributed by atoms with Gasteiger partial charge in [-0.25, -0.2) is 0 Å². The first-order valence-electron chi connectivity index (χ1n) is 6.29. The first kappa shape index (κ1) is 13.1. The van der Waals surface area contributed by atoms with Gasteiger partial charge in [-0.15, -0.1) is 0 Å². The number of hydrogen-bond acceptors (Lipinski definition) is 2. The van der Waals surface area contributed by atoms with Crippen LogP contribution in [0.1, 0.15) is 12.5 Å². The summed E-state index contributed by atoms with van der Waals surface area (Å²) < 4.78 is 0. The van der Waals surface area contributed by atoms with Crippen LogP contribution in [0.4, 0.5) is 5.69 Å². The number of hydrogen-bond donors (Lipinski definition) is 2. The lowest BCUT2D eigenvalue weighted by Crippen LogP contribution is -2.22. The molecule has 0 saturated heterocycles. The first-order chi connectivity index (χ1) is 9.15. The van der Waals surface area contributed by atoms with E-state index >= 15 is 0 Å². The normalized spacial score (nSPS) is 11.8. The van der Waals surface area contributed by atoms with Gasteiger partial charge in [-0.05, 0) is 36.2 Å². The van der Waals surface area contributed by atoms with Crippen LogP contribution in [-0.4, -0.2) is 11.0 Å².